The summed E-state index contributed by atoms with van der Waals surface area (Å²) in [7, 11) is 0. The van der Waals surface area contributed by atoms with Gasteiger partial charge in [-0.1, -0.05) is 6.92 Å². The molecule has 0 spiro atoms. The number of hydrogen-bond donors (Lipinski definition) is 1. The average Bonchev–Trinajstić information content (AvgIpc) is 2.95. The fourth-order valence-corrected chi connectivity index (χ4v) is 2.52. The van der Waals surface area contributed by atoms with Crippen LogP contribution in [0.3, 0.4) is 0 Å². The molecule has 1 atom stereocenters. The van der Waals surface area contributed by atoms with E-state index in [-0.39, 0.29) is 0 Å². The summed E-state index contributed by atoms with van der Waals surface area (Å²) in [6, 6.07) is 2.59. The Kier molecular flexibility index (Phi) is 6.50. The summed E-state index contributed by atoms with van der Waals surface area (Å²) in [5.74, 6) is 0. The van der Waals surface area contributed by atoms with Crippen LogP contribution in [-0.4, -0.2) is 54.1 Å². The van der Waals surface area contributed by atoms with Crippen molar-refractivity contribution >= 4 is 0 Å². The second-order valence-corrected chi connectivity index (χ2v) is 5.51. The van der Waals surface area contributed by atoms with Crippen LogP contribution in [0.15, 0.2) is 12.3 Å². The van der Waals surface area contributed by atoms with Gasteiger partial charge < -0.3 is 10.1 Å². The lowest BCUT2D eigenvalue weighted by atomic mass is 10.2. The van der Waals surface area contributed by atoms with Crippen LogP contribution in [0.25, 0.3) is 0 Å². The van der Waals surface area contributed by atoms with Crippen molar-refractivity contribution in [1.82, 2.24) is 20.0 Å². The van der Waals surface area contributed by atoms with E-state index in [1.165, 1.54) is 18.7 Å². The molecule has 0 amide bonds. The number of rotatable bonds is 8. The standard InChI is InChI=1S/C15H28N4O/c1-3-14(2)19-15(5-7-17-19)13-16-6-4-8-18-9-11-20-12-10-18/h5,7,14,16H,3-4,6,8-13H2,1-2H3/t14-/m0/s1. The number of hydrogen-bond acceptors (Lipinski definition) is 4. The maximum Gasteiger partial charge on any atom is 0.0594 e. The van der Waals surface area contributed by atoms with E-state index < -0.39 is 0 Å². The van der Waals surface area contributed by atoms with Crippen molar-refractivity contribution in [2.75, 3.05) is 39.4 Å². The summed E-state index contributed by atoms with van der Waals surface area (Å²) in [5.41, 5.74) is 1.28. The van der Waals surface area contributed by atoms with Gasteiger partial charge in [-0.2, -0.15) is 5.10 Å². The Morgan fingerprint density at radius 1 is 1.40 bits per heavy atom. The number of ether oxygens (including phenoxy) is 1. The molecular formula is C15H28N4O. The predicted molar refractivity (Wildman–Crippen MR) is 80.8 cm³/mol. The van der Waals surface area contributed by atoms with E-state index in [9.17, 15) is 0 Å². The zero-order valence-electron chi connectivity index (χ0n) is 12.8. The smallest absolute Gasteiger partial charge is 0.0594 e. The Morgan fingerprint density at radius 2 is 2.20 bits per heavy atom. The summed E-state index contributed by atoms with van der Waals surface area (Å²) in [6.07, 6.45) is 4.21. The van der Waals surface area contributed by atoms with Crippen molar-refractivity contribution in [3.8, 4) is 0 Å². The summed E-state index contributed by atoms with van der Waals surface area (Å²) in [5, 5.41) is 7.94. The molecule has 5 heteroatoms. The van der Waals surface area contributed by atoms with Crippen LogP contribution in [0, 0.1) is 0 Å². The first-order valence-corrected chi connectivity index (χ1v) is 7.84. The Hall–Kier alpha value is -0.910. The van der Waals surface area contributed by atoms with Crippen molar-refractivity contribution < 1.29 is 4.74 Å². The first-order valence-electron chi connectivity index (χ1n) is 7.84. The van der Waals surface area contributed by atoms with Gasteiger partial charge in [-0.25, -0.2) is 0 Å². The SMILES string of the molecule is CC[C@H](C)n1nccc1CNCCCN1CCOCC1. The van der Waals surface area contributed by atoms with Gasteiger partial charge in [0.15, 0.2) is 0 Å². The second kappa shape index (κ2) is 8.39. The normalized spacial score (nSPS) is 18.3. The first-order chi connectivity index (χ1) is 9.81. The predicted octanol–water partition coefficient (Wildman–Crippen LogP) is 1.67. The summed E-state index contributed by atoms with van der Waals surface area (Å²) in [4.78, 5) is 2.48. The summed E-state index contributed by atoms with van der Waals surface area (Å²) >= 11 is 0. The molecule has 1 fully saturated rings. The van der Waals surface area contributed by atoms with Crippen LogP contribution < -0.4 is 5.32 Å². The van der Waals surface area contributed by atoms with Crippen molar-refractivity contribution in [1.29, 1.82) is 0 Å². The number of nitrogens with one attached hydrogen (secondary N) is 1. The zero-order chi connectivity index (χ0) is 14.2. The third-order valence-corrected chi connectivity index (χ3v) is 4.00. The molecule has 0 radical (unpaired) electrons. The molecule has 0 saturated carbocycles. The Balaban J connectivity index is 1.62. The summed E-state index contributed by atoms with van der Waals surface area (Å²) in [6.45, 7) is 11.5. The number of aromatic nitrogens is 2. The maximum absolute atomic E-state index is 5.36. The highest BCUT2D eigenvalue weighted by Crippen LogP contribution is 2.11. The third kappa shape index (κ3) is 4.58. The van der Waals surface area contributed by atoms with Gasteiger partial charge in [-0.05, 0) is 38.9 Å². The zero-order valence-corrected chi connectivity index (χ0v) is 12.8. The highest BCUT2D eigenvalue weighted by atomic mass is 16.5. The van der Waals surface area contributed by atoms with Crippen LogP contribution in [0.4, 0.5) is 0 Å². The van der Waals surface area contributed by atoms with Crippen molar-refractivity contribution in [2.24, 2.45) is 0 Å². The molecule has 2 heterocycles. The molecule has 20 heavy (non-hydrogen) atoms. The topological polar surface area (TPSA) is 42.3 Å². The van der Waals surface area contributed by atoms with Crippen LogP contribution >= 0.6 is 0 Å². The molecule has 1 N–H and O–H groups in total. The second-order valence-electron chi connectivity index (χ2n) is 5.51. The van der Waals surface area contributed by atoms with Gasteiger partial charge >= 0.3 is 0 Å². The van der Waals surface area contributed by atoms with Gasteiger partial charge in [-0.15, -0.1) is 0 Å². The molecule has 1 aliphatic heterocycles. The van der Waals surface area contributed by atoms with Crippen LogP contribution in [0.5, 0.6) is 0 Å². The van der Waals surface area contributed by atoms with Crippen LogP contribution in [-0.2, 0) is 11.3 Å². The largest absolute Gasteiger partial charge is 0.379 e. The van der Waals surface area contributed by atoms with E-state index in [4.69, 9.17) is 4.74 Å². The van der Waals surface area contributed by atoms with Gasteiger partial charge in [0.1, 0.15) is 0 Å². The minimum absolute atomic E-state index is 0.482. The van der Waals surface area contributed by atoms with Crippen molar-refractivity contribution in [3.05, 3.63) is 18.0 Å². The van der Waals surface area contributed by atoms with Crippen molar-refractivity contribution in [2.45, 2.75) is 39.3 Å². The van der Waals surface area contributed by atoms with Gasteiger partial charge in [0.05, 0.1) is 18.9 Å². The van der Waals surface area contributed by atoms with E-state index in [0.717, 1.165) is 45.8 Å². The molecule has 0 bridgehead atoms. The fraction of sp³-hybridized carbons (Fsp3) is 0.800. The van der Waals surface area contributed by atoms with Crippen LogP contribution in [0.2, 0.25) is 0 Å². The van der Waals surface area contributed by atoms with E-state index in [1.54, 1.807) is 0 Å². The lowest BCUT2D eigenvalue weighted by Crippen LogP contribution is -2.37. The quantitative estimate of drug-likeness (QED) is 0.736. The molecule has 1 saturated heterocycles. The van der Waals surface area contributed by atoms with E-state index >= 15 is 0 Å². The van der Waals surface area contributed by atoms with Gasteiger partial charge in [-0.3, -0.25) is 9.58 Å². The van der Waals surface area contributed by atoms with E-state index in [2.05, 4.69) is 39.9 Å². The third-order valence-electron chi connectivity index (χ3n) is 4.00. The lowest BCUT2D eigenvalue weighted by Gasteiger charge is -2.26. The molecule has 0 unspecified atom stereocenters. The molecular weight excluding hydrogens is 252 g/mol. The molecule has 5 nitrogen and oxygen atoms in total. The lowest BCUT2D eigenvalue weighted by molar-refractivity contribution is 0.0374. The fourth-order valence-electron chi connectivity index (χ4n) is 2.52. The molecule has 1 aromatic rings. The molecule has 114 valence electrons. The molecule has 0 aliphatic carbocycles. The molecule has 0 aromatic carbocycles. The number of nitrogens with zero attached hydrogens (tertiary/aromatic N) is 3. The Morgan fingerprint density at radius 3 is 2.95 bits per heavy atom. The highest BCUT2D eigenvalue weighted by molar-refractivity contribution is 5.01. The van der Waals surface area contributed by atoms with E-state index in [1.807, 2.05) is 6.20 Å². The Bertz CT molecular complexity index is 374. The van der Waals surface area contributed by atoms with Crippen LogP contribution in [0.1, 0.15) is 38.4 Å². The van der Waals surface area contributed by atoms with Crippen molar-refractivity contribution in [3.63, 3.8) is 0 Å². The first kappa shape index (κ1) is 15.5. The van der Waals surface area contributed by atoms with E-state index in [0.29, 0.717) is 6.04 Å². The average molecular weight is 280 g/mol. The Labute approximate surface area is 122 Å². The molecule has 1 aliphatic rings. The maximum atomic E-state index is 5.36. The van der Waals surface area contributed by atoms with Gasteiger partial charge in [0.25, 0.3) is 0 Å². The minimum Gasteiger partial charge on any atom is -0.379 e. The minimum atomic E-state index is 0.482. The number of morpholine rings is 1. The highest BCUT2D eigenvalue weighted by Gasteiger charge is 2.10. The molecule has 2 rings (SSSR count). The van der Waals surface area contributed by atoms with Gasteiger partial charge in [0.2, 0.25) is 0 Å². The monoisotopic (exact) mass is 280 g/mol. The van der Waals surface area contributed by atoms with Gasteiger partial charge in [0, 0.05) is 31.9 Å². The summed E-state index contributed by atoms with van der Waals surface area (Å²) < 4.78 is 7.49. The molecule has 1 aromatic heterocycles.